The molecule has 0 bridgehead atoms. The molecule has 1 N–H and O–H groups in total. The van der Waals surface area contributed by atoms with Crippen LogP contribution in [0.2, 0.25) is 0 Å². The molecule has 0 heterocycles. The zero-order valence-corrected chi connectivity index (χ0v) is 9.44. The van der Waals surface area contributed by atoms with Crippen molar-refractivity contribution in [3.8, 4) is 0 Å². The first kappa shape index (κ1) is 11.0. The van der Waals surface area contributed by atoms with E-state index in [1.807, 2.05) is 22.6 Å². The van der Waals surface area contributed by atoms with Gasteiger partial charge in [-0.15, -0.1) is 0 Å². The normalized spacial score (nSPS) is 9.57. The number of benzene rings is 1. The van der Waals surface area contributed by atoms with Gasteiger partial charge >= 0.3 is 11.9 Å². The SMILES string of the molecule is COC(=O)c1ccc(C(=O)O)cc1I. The maximum Gasteiger partial charge on any atom is 0.338 e. The Balaban J connectivity index is 3.14. The van der Waals surface area contributed by atoms with E-state index in [9.17, 15) is 9.59 Å². The highest BCUT2D eigenvalue weighted by Crippen LogP contribution is 2.15. The average molecular weight is 306 g/mol. The molecule has 0 saturated carbocycles. The number of ether oxygens (including phenoxy) is 1. The van der Waals surface area contributed by atoms with Crippen molar-refractivity contribution < 1.29 is 19.4 Å². The monoisotopic (exact) mass is 306 g/mol. The van der Waals surface area contributed by atoms with Crippen molar-refractivity contribution in [1.29, 1.82) is 0 Å². The number of methoxy groups -OCH3 is 1. The molecule has 0 atom stereocenters. The van der Waals surface area contributed by atoms with Crippen LogP contribution in [0.5, 0.6) is 0 Å². The van der Waals surface area contributed by atoms with E-state index in [0.29, 0.717) is 9.13 Å². The highest BCUT2D eigenvalue weighted by molar-refractivity contribution is 14.1. The number of hydrogen-bond acceptors (Lipinski definition) is 3. The third kappa shape index (κ3) is 2.22. The van der Waals surface area contributed by atoms with Crippen LogP contribution in [0.1, 0.15) is 20.7 Å². The van der Waals surface area contributed by atoms with Crippen LogP contribution in [0.4, 0.5) is 0 Å². The first-order chi connectivity index (χ1) is 6.56. The summed E-state index contributed by atoms with van der Waals surface area (Å²) in [6.07, 6.45) is 0. The van der Waals surface area contributed by atoms with Crippen molar-refractivity contribution >= 4 is 34.5 Å². The summed E-state index contributed by atoms with van der Waals surface area (Å²) < 4.78 is 5.09. The first-order valence-corrected chi connectivity index (χ1v) is 4.75. The Kier molecular flexibility index (Phi) is 3.45. The van der Waals surface area contributed by atoms with E-state index >= 15 is 0 Å². The van der Waals surface area contributed by atoms with Crippen molar-refractivity contribution in [2.45, 2.75) is 0 Å². The van der Waals surface area contributed by atoms with Gasteiger partial charge in [-0.3, -0.25) is 0 Å². The van der Waals surface area contributed by atoms with Gasteiger partial charge in [-0.2, -0.15) is 0 Å². The third-order valence-electron chi connectivity index (χ3n) is 1.62. The molecule has 4 nitrogen and oxygen atoms in total. The molecule has 0 aliphatic heterocycles. The minimum Gasteiger partial charge on any atom is -0.478 e. The molecule has 0 fully saturated rings. The molecule has 74 valence electrons. The molecule has 0 aliphatic rings. The van der Waals surface area contributed by atoms with Gasteiger partial charge in [-0.25, -0.2) is 9.59 Å². The van der Waals surface area contributed by atoms with Crippen LogP contribution in [0.25, 0.3) is 0 Å². The van der Waals surface area contributed by atoms with E-state index in [1.54, 1.807) is 0 Å². The maximum atomic E-state index is 11.1. The van der Waals surface area contributed by atoms with Gasteiger partial charge in [0.25, 0.3) is 0 Å². The lowest BCUT2D eigenvalue weighted by molar-refractivity contribution is 0.0597. The Morgan fingerprint density at radius 1 is 1.43 bits per heavy atom. The van der Waals surface area contributed by atoms with Crippen LogP contribution in [0.3, 0.4) is 0 Å². The van der Waals surface area contributed by atoms with Crippen molar-refractivity contribution in [1.82, 2.24) is 0 Å². The Morgan fingerprint density at radius 2 is 2.07 bits per heavy atom. The smallest absolute Gasteiger partial charge is 0.338 e. The Morgan fingerprint density at radius 3 is 2.50 bits per heavy atom. The standard InChI is InChI=1S/C9H7IO4/c1-14-9(13)6-3-2-5(8(11)12)4-7(6)10/h2-4H,1H3,(H,11,12). The molecule has 0 aromatic heterocycles. The third-order valence-corrected chi connectivity index (χ3v) is 2.51. The minimum absolute atomic E-state index is 0.155. The van der Waals surface area contributed by atoms with Crippen molar-refractivity contribution in [2.75, 3.05) is 7.11 Å². The predicted molar refractivity (Wildman–Crippen MR) is 57.5 cm³/mol. The molecule has 1 aromatic rings. The van der Waals surface area contributed by atoms with Gasteiger partial charge in [0, 0.05) is 3.57 Å². The molecular weight excluding hydrogens is 299 g/mol. The van der Waals surface area contributed by atoms with E-state index in [2.05, 4.69) is 4.74 Å². The number of hydrogen-bond donors (Lipinski definition) is 1. The van der Waals surface area contributed by atoms with Crippen LogP contribution in [0, 0.1) is 3.57 Å². The highest BCUT2D eigenvalue weighted by atomic mass is 127. The van der Waals surface area contributed by atoms with Crippen molar-refractivity contribution in [2.24, 2.45) is 0 Å². The van der Waals surface area contributed by atoms with Gasteiger partial charge < -0.3 is 9.84 Å². The molecular formula is C9H7IO4. The lowest BCUT2D eigenvalue weighted by Crippen LogP contribution is -2.05. The summed E-state index contributed by atoms with van der Waals surface area (Å²) in [6, 6.07) is 4.24. The number of carboxylic acids is 1. The fourth-order valence-corrected chi connectivity index (χ4v) is 1.66. The molecule has 5 heteroatoms. The van der Waals surface area contributed by atoms with Gasteiger partial charge in [-0.1, -0.05) is 0 Å². The number of carbonyl (C=O) groups excluding carboxylic acids is 1. The molecule has 0 unspecified atom stereocenters. The number of carbonyl (C=O) groups is 2. The zero-order chi connectivity index (χ0) is 10.7. The lowest BCUT2D eigenvalue weighted by atomic mass is 10.1. The quantitative estimate of drug-likeness (QED) is 0.668. The summed E-state index contributed by atoms with van der Waals surface area (Å²) in [5.74, 6) is -1.48. The molecule has 0 radical (unpaired) electrons. The molecule has 0 spiro atoms. The van der Waals surface area contributed by atoms with Crippen LogP contribution in [-0.2, 0) is 4.74 Å². The fourth-order valence-electron chi connectivity index (χ4n) is 0.924. The van der Waals surface area contributed by atoms with E-state index in [1.165, 1.54) is 25.3 Å². The lowest BCUT2D eigenvalue weighted by Gasteiger charge is -2.02. The molecule has 0 saturated heterocycles. The predicted octanol–water partition coefficient (Wildman–Crippen LogP) is 1.78. The number of esters is 1. The number of carboxylic acid groups (broad SMARTS) is 1. The maximum absolute atomic E-state index is 11.1. The zero-order valence-electron chi connectivity index (χ0n) is 7.28. The van der Waals surface area contributed by atoms with E-state index in [0.717, 1.165) is 0 Å². The second kappa shape index (κ2) is 4.41. The fraction of sp³-hybridized carbons (Fsp3) is 0.111. The molecule has 0 aliphatic carbocycles. The summed E-state index contributed by atoms with van der Waals surface area (Å²) in [5, 5.41) is 8.68. The summed E-state index contributed by atoms with van der Waals surface area (Å²) in [4.78, 5) is 21.7. The molecule has 0 amide bonds. The van der Waals surface area contributed by atoms with Crippen LogP contribution < -0.4 is 0 Å². The van der Waals surface area contributed by atoms with Gasteiger partial charge in [0.2, 0.25) is 0 Å². The van der Waals surface area contributed by atoms with Crippen LogP contribution in [-0.4, -0.2) is 24.2 Å². The van der Waals surface area contributed by atoms with Gasteiger partial charge in [0.15, 0.2) is 0 Å². The average Bonchev–Trinajstić information content (AvgIpc) is 2.16. The van der Waals surface area contributed by atoms with E-state index in [-0.39, 0.29) is 5.56 Å². The van der Waals surface area contributed by atoms with Crippen molar-refractivity contribution in [3.05, 3.63) is 32.9 Å². The van der Waals surface area contributed by atoms with E-state index in [4.69, 9.17) is 5.11 Å². The second-order valence-electron chi connectivity index (χ2n) is 2.49. The van der Waals surface area contributed by atoms with Crippen molar-refractivity contribution in [3.63, 3.8) is 0 Å². The van der Waals surface area contributed by atoms with Crippen LogP contribution in [0.15, 0.2) is 18.2 Å². The van der Waals surface area contributed by atoms with Gasteiger partial charge in [-0.05, 0) is 40.8 Å². The van der Waals surface area contributed by atoms with Gasteiger partial charge in [0.1, 0.15) is 0 Å². The van der Waals surface area contributed by atoms with E-state index < -0.39 is 11.9 Å². The second-order valence-corrected chi connectivity index (χ2v) is 3.65. The molecule has 1 rings (SSSR count). The topological polar surface area (TPSA) is 63.6 Å². The summed E-state index contributed by atoms with van der Waals surface area (Å²) in [7, 11) is 1.28. The molecule has 14 heavy (non-hydrogen) atoms. The minimum atomic E-state index is -1.01. The Labute approximate surface area is 94.0 Å². The first-order valence-electron chi connectivity index (χ1n) is 3.67. The Bertz CT molecular complexity index is 386. The summed E-state index contributed by atoms with van der Waals surface area (Å²) >= 11 is 1.89. The number of rotatable bonds is 2. The molecule has 1 aromatic carbocycles. The summed E-state index contributed by atoms with van der Waals surface area (Å²) in [6.45, 7) is 0. The largest absolute Gasteiger partial charge is 0.478 e. The number of halogens is 1. The van der Waals surface area contributed by atoms with Gasteiger partial charge in [0.05, 0.1) is 18.2 Å². The number of aromatic carboxylic acids is 1. The van der Waals surface area contributed by atoms with Crippen LogP contribution >= 0.6 is 22.6 Å². The highest BCUT2D eigenvalue weighted by Gasteiger charge is 2.12. The summed E-state index contributed by atoms with van der Waals surface area (Å²) in [5.41, 5.74) is 0.528. The Hall–Kier alpha value is -1.11.